The third-order valence-corrected chi connectivity index (χ3v) is 7.96. The number of halogens is 2. The zero-order valence-corrected chi connectivity index (χ0v) is 20.5. The van der Waals surface area contributed by atoms with Gasteiger partial charge >= 0.3 is 0 Å². The maximum atomic E-state index is 14.5. The number of nitrogens with one attached hydrogen (secondary N) is 3. The van der Waals surface area contributed by atoms with E-state index in [0.717, 1.165) is 10.7 Å². The van der Waals surface area contributed by atoms with E-state index >= 15 is 0 Å². The average molecular weight is 525 g/mol. The van der Waals surface area contributed by atoms with Gasteiger partial charge in [0, 0.05) is 19.2 Å². The van der Waals surface area contributed by atoms with Crippen LogP contribution < -0.4 is 20.7 Å². The van der Waals surface area contributed by atoms with E-state index < -0.39 is 23.3 Å². The monoisotopic (exact) mass is 524 g/mol. The quantitative estimate of drug-likeness (QED) is 0.455. The summed E-state index contributed by atoms with van der Waals surface area (Å²) in [6.07, 6.45) is 4.56. The first-order valence-corrected chi connectivity index (χ1v) is 12.6. The summed E-state index contributed by atoms with van der Waals surface area (Å²) in [6, 6.07) is 6.39. The summed E-state index contributed by atoms with van der Waals surface area (Å²) in [5, 5.41) is 12.2. The second-order valence-corrected chi connectivity index (χ2v) is 10.4. The molecule has 0 unspecified atom stereocenters. The summed E-state index contributed by atoms with van der Waals surface area (Å²) in [4.78, 5) is 41.8. The molecule has 0 saturated heterocycles. The molecular formula is C26H26F2N6O4. The minimum atomic E-state index is -1.07. The molecule has 2 bridgehead atoms. The predicted molar refractivity (Wildman–Crippen MR) is 131 cm³/mol. The van der Waals surface area contributed by atoms with Crippen molar-refractivity contribution in [2.75, 3.05) is 18.5 Å². The molecule has 3 amide bonds. The van der Waals surface area contributed by atoms with Crippen LogP contribution in [0, 0.1) is 11.2 Å². The van der Waals surface area contributed by atoms with Gasteiger partial charge in [-0.1, -0.05) is 6.07 Å². The van der Waals surface area contributed by atoms with Crippen LogP contribution in [0.4, 0.5) is 14.5 Å². The number of benzene rings is 1. The molecule has 3 fully saturated rings. The van der Waals surface area contributed by atoms with Crippen LogP contribution in [-0.4, -0.2) is 51.1 Å². The fraction of sp³-hybridized carbons (Fsp3) is 0.423. The van der Waals surface area contributed by atoms with Crippen LogP contribution in [0.1, 0.15) is 65.1 Å². The van der Waals surface area contributed by atoms with Crippen molar-refractivity contribution < 1.29 is 27.9 Å². The Hall–Kier alpha value is -4.09. The van der Waals surface area contributed by atoms with Gasteiger partial charge < -0.3 is 20.7 Å². The predicted octanol–water partition coefficient (Wildman–Crippen LogP) is 2.92. The molecule has 3 saturated carbocycles. The largest absolute Gasteiger partial charge is 0.482 e. The number of nitrogens with zero attached hydrogens (tertiary/aromatic N) is 3. The van der Waals surface area contributed by atoms with Crippen molar-refractivity contribution in [3.05, 3.63) is 53.2 Å². The Bertz CT molecular complexity index is 1450. The normalized spacial score (nSPS) is 23.9. The highest BCUT2D eigenvalue weighted by atomic mass is 19.1. The van der Waals surface area contributed by atoms with Crippen molar-refractivity contribution in [1.29, 1.82) is 0 Å². The lowest BCUT2D eigenvalue weighted by atomic mass is 9.59. The summed E-state index contributed by atoms with van der Waals surface area (Å²) < 4.78 is 35.4. The number of aromatic nitrogens is 3. The summed E-state index contributed by atoms with van der Waals surface area (Å²) in [5.74, 6) is -1.64. The third kappa shape index (κ3) is 4.44. The van der Waals surface area contributed by atoms with E-state index in [4.69, 9.17) is 4.74 Å². The fourth-order valence-corrected chi connectivity index (χ4v) is 5.57. The molecule has 10 nitrogen and oxygen atoms in total. The number of carbonyl (C=O) groups is 3. The zero-order chi connectivity index (χ0) is 26.5. The average Bonchev–Trinajstić information content (AvgIpc) is 3.31. The molecule has 1 aromatic carbocycles. The van der Waals surface area contributed by atoms with Gasteiger partial charge in [0.05, 0.1) is 11.9 Å². The number of hydrogen-bond acceptors (Lipinski definition) is 6. The van der Waals surface area contributed by atoms with Crippen LogP contribution in [0.2, 0.25) is 0 Å². The van der Waals surface area contributed by atoms with Gasteiger partial charge in [-0.05, 0) is 61.6 Å². The van der Waals surface area contributed by atoms with Gasteiger partial charge in [-0.2, -0.15) is 5.10 Å². The molecule has 3 aromatic rings. The number of amides is 3. The van der Waals surface area contributed by atoms with Crippen molar-refractivity contribution in [1.82, 2.24) is 25.2 Å². The Morgan fingerprint density at radius 2 is 1.84 bits per heavy atom. The highest BCUT2D eigenvalue weighted by Crippen LogP contribution is 2.53. The van der Waals surface area contributed by atoms with Gasteiger partial charge in [0.15, 0.2) is 18.1 Å². The van der Waals surface area contributed by atoms with Gasteiger partial charge in [0.25, 0.3) is 17.7 Å². The molecule has 0 spiro atoms. The lowest BCUT2D eigenvalue weighted by Gasteiger charge is -2.49. The topological polar surface area (TPSA) is 127 Å². The molecule has 1 aliphatic heterocycles. The fourth-order valence-electron chi connectivity index (χ4n) is 5.57. The first-order valence-electron chi connectivity index (χ1n) is 12.6. The molecule has 3 heterocycles. The van der Waals surface area contributed by atoms with E-state index in [0.29, 0.717) is 62.1 Å². The lowest BCUT2D eigenvalue weighted by molar-refractivity contribution is -0.118. The summed E-state index contributed by atoms with van der Waals surface area (Å²) in [6.45, 7) is 0.407. The van der Waals surface area contributed by atoms with E-state index in [2.05, 4.69) is 26.0 Å². The number of rotatable bonds is 6. The van der Waals surface area contributed by atoms with Gasteiger partial charge in [-0.3, -0.25) is 14.4 Å². The maximum absolute atomic E-state index is 14.5. The second kappa shape index (κ2) is 9.03. The first kappa shape index (κ1) is 24.3. The second-order valence-electron chi connectivity index (χ2n) is 10.4. The smallest absolute Gasteiger partial charge is 0.270 e. The van der Waals surface area contributed by atoms with Gasteiger partial charge in [0.1, 0.15) is 22.8 Å². The summed E-state index contributed by atoms with van der Waals surface area (Å²) in [5.41, 5.74) is -0.446. The highest BCUT2D eigenvalue weighted by Gasteiger charge is 2.49. The van der Waals surface area contributed by atoms with Crippen LogP contribution in [0.25, 0.3) is 5.65 Å². The molecule has 38 heavy (non-hydrogen) atoms. The van der Waals surface area contributed by atoms with Crippen LogP contribution in [0.15, 0.2) is 30.5 Å². The maximum Gasteiger partial charge on any atom is 0.270 e. The van der Waals surface area contributed by atoms with Crippen molar-refractivity contribution >= 4 is 29.1 Å². The number of hydrogen-bond donors (Lipinski definition) is 3. The molecular weight excluding hydrogens is 498 g/mol. The summed E-state index contributed by atoms with van der Waals surface area (Å²) in [7, 11) is 0. The van der Waals surface area contributed by atoms with Crippen LogP contribution in [-0.2, 0) is 11.3 Å². The lowest BCUT2D eigenvalue weighted by Crippen LogP contribution is -2.48. The van der Waals surface area contributed by atoms with Crippen molar-refractivity contribution in [2.24, 2.45) is 5.41 Å². The Kier molecular flexibility index (Phi) is 5.77. The number of fused-ring (bicyclic) bond motifs is 5. The minimum absolute atomic E-state index is 0.0273. The molecule has 198 valence electrons. The van der Waals surface area contributed by atoms with Crippen molar-refractivity contribution in [2.45, 2.75) is 50.7 Å². The molecule has 2 aromatic heterocycles. The Morgan fingerprint density at radius 1 is 1.08 bits per heavy atom. The first-order chi connectivity index (χ1) is 18.2. The van der Waals surface area contributed by atoms with E-state index in [1.807, 2.05) is 0 Å². The zero-order valence-electron chi connectivity index (χ0n) is 20.5. The third-order valence-electron chi connectivity index (χ3n) is 7.96. The van der Waals surface area contributed by atoms with Gasteiger partial charge in [-0.25, -0.2) is 18.3 Å². The van der Waals surface area contributed by atoms with Gasteiger partial charge in [0.2, 0.25) is 0 Å². The molecule has 3 aliphatic carbocycles. The van der Waals surface area contributed by atoms with Crippen molar-refractivity contribution in [3.63, 3.8) is 0 Å². The van der Waals surface area contributed by atoms with Crippen LogP contribution in [0.3, 0.4) is 0 Å². The number of alkyl halides is 1. The summed E-state index contributed by atoms with van der Waals surface area (Å²) >= 11 is 0. The Labute approximate surface area is 216 Å². The van der Waals surface area contributed by atoms with Crippen LogP contribution in [0.5, 0.6) is 5.75 Å². The number of ether oxygens (including phenoxy) is 1. The minimum Gasteiger partial charge on any atom is -0.482 e. The Balaban J connectivity index is 1.18. The van der Waals surface area contributed by atoms with E-state index in [-0.39, 0.29) is 41.5 Å². The van der Waals surface area contributed by atoms with E-state index in [9.17, 15) is 23.2 Å². The highest BCUT2D eigenvalue weighted by molar-refractivity contribution is 5.98. The van der Waals surface area contributed by atoms with Crippen LogP contribution >= 0.6 is 0 Å². The SMILES string of the molecule is O=C1COc2ccc(CNC(=O)c3cc(C(=O)NCC45CCC(F)(CC4)CC5)n4ncc(F)c4n3)cc2N1. The number of anilines is 1. The molecule has 0 radical (unpaired) electrons. The molecule has 12 heteroatoms. The van der Waals surface area contributed by atoms with Gasteiger partial charge in [-0.15, -0.1) is 0 Å². The molecule has 7 rings (SSSR count). The van der Waals surface area contributed by atoms with E-state index in [1.165, 1.54) is 6.07 Å². The number of carbonyl (C=O) groups excluding carboxylic acids is 3. The Morgan fingerprint density at radius 3 is 2.61 bits per heavy atom. The van der Waals surface area contributed by atoms with Crippen molar-refractivity contribution in [3.8, 4) is 5.75 Å². The molecule has 3 N–H and O–H groups in total. The van der Waals surface area contributed by atoms with E-state index in [1.54, 1.807) is 18.2 Å². The molecule has 0 atom stereocenters. The molecule has 4 aliphatic rings. The standard InChI is InChI=1S/C26H26F2N6O4/c27-16-12-31-34-19(24(37)30-14-25-3-6-26(28,7-4-25)8-5-25)10-18(33-22(16)34)23(36)29-11-15-1-2-20-17(9-15)32-21(35)13-38-20/h1-2,9-10,12H,3-8,11,13-14H2,(H,29,36)(H,30,37)(H,32,35).